The molecule has 0 spiro atoms. The van der Waals surface area contributed by atoms with Crippen molar-refractivity contribution in [2.45, 2.75) is 0 Å². The van der Waals surface area contributed by atoms with Crippen molar-refractivity contribution in [2.75, 3.05) is 11.5 Å². The zero-order chi connectivity index (χ0) is 31.0. The molecule has 0 aliphatic heterocycles. The molecule has 0 atom stereocenters. The van der Waals surface area contributed by atoms with Gasteiger partial charge in [-0.25, -0.2) is 0 Å². The van der Waals surface area contributed by atoms with Crippen LogP contribution in [0.1, 0.15) is 0 Å². The van der Waals surface area contributed by atoms with Gasteiger partial charge in [-0.05, 0) is 67.1 Å². The van der Waals surface area contributed by atoms with Crippen LogP contribution < -0.4 is 11.5 Å². The highest BCUT2D eigenvalue weighted by molar-refractivity contribution is 6.18. The Labute approximate surface area is 269 Å². The van der Waals surface area contributed by atoms with Crippen molar-refractivity contribution in [2.24, 2.45) is 0 Å². The first-order valence-electron chi connectivity index (χ1n) is 15.6. The van der Waals surface area contributed by atoms with Gasteiger partial charge in [-0.1, -0.05) is 158 Å². The highest BCUT2D eigenvalue weighted by atomic mass is 14.6. The van der Waals surface area contributed by atoms with Gasteiger partial charge in [-0.3, -0.25) is 0 Å². The number of rotatable bonds is 5. The van der Waals surface area contributed by atoms with Crippen molar-refractivity contribution in [3.8, 4) is 55.6 Å². The van der Waals surface area contributed by atoms with Crippen molar-refractivity contribution >= 4 is 32.9 Å². The van der Waals surface area contributed by atoms with E-state index < -0.39 is 0 Å². The third kappa shape index (κ3) is 4.60. The molecule has 8 aromatic rings. The van der Waals surface area contributed by atoms with E-state index in [9.17, 15) is 0 Å². The van der Waals surface area contributed by atoms with E-state index in [1.807, 2.05) is 12.1 Å². The number of hydrogen-bond donors (Lipinski definition) is 2. The molecule has 0 fully saturated rings. The maximum absolute atomic E-state index is 7.61. The smallest absolute Gasteiger partial charge is 0.0486 e. The van der Waals surface area contributed by atoms with Gasteiger partial charge in [0.25, 0.3) is 0 Å². The average Bonchev–Trinajstić information content (AvgIpc) is 3.12. The van der Waals surface area contributed by atoms with Gasteiger partial charge in [0, 0.05) is 33.6 Å². The Morgan fingerprint density at radius 1 is 0.283 bits per heavy atom. The molecule has 0 saturated carbocycles. The monoisotopic (exact) mass is 588 g/mol. The maximum atomic E-state index is 7.61. The molecule has 0 unspecified atom stereocenters. The van der Waals surface area contributed by atoms with E-state index in [0.29, 0.717) is 0 Å². The second kappa shape index (κ2) is 11.4. The Kier molecular flexibility index (Phi) is 6.81. The molecule has 0 saturated heterocycles. The van der Waals surface area contributed by atoms with E-state index in [4.69, 9.17) is 11.5 Å². The first-order chi connectivity index (χ1) is 22.7. The van der Waals surface area contributed by atoms with Crippen LogP contribution in [0.15, 0.2) is 170 Å². The topological polar surface area (TPSA) is 52.0 Å². The number of hydrogen-bond acceptors (Lipinski definition) is 2. The van der Waals surface area contributed by atoms with Gasteiger partial charge in [-0.15, -0.1) is 0 Å². The molecule has 0 radical (unpaired) electrons. The van der Waals surface area contributed by atoms with E-state index in [-0.39, 0.29) is 0 Å². The lowest BCUT2D eigenvalue weighted by molar-refractivity contribution is 1.54. The third-order valence-electron chi connectivity index (χ3n) is 8.98. The van der Waals surface area contributed by atoms with Crippen LogP contribution >= 0.6 is 0 Å². The van der Waals surface area contributed by atoms with Crippen LogP contribution in [0.3, 0.4) is 0 Å². The van der Waals surface area contributed by atoms with Gasteiger partial charge >= 0.3 is 0 Å². The molecule has 2 heteroatoms. The van der Waals surface area contributed by atoms with Crippen LogP contribution in [0, 0.1) is 0 Å². The quantitative estimate of drug-likeness (QED) is 0.197. The van der Waals surface area contributed by atoms with Gasteiger partial charge < -0.3 is 11.5 Å². The molecular weight excluding hydrogens is 556 g/mol. The highest BCUT2D eigenvalue weighted by Crippen LogP contribution is 2.55. The Balaban J connectivity index is 1.68. The Hall–Kier alpha value is -6.12. The molecule has 0 heterocycles. The number of benzene rings is 8. The van der Waals surface area contributed by atoms with E-state index in [1.54, 1.807) is 0 Å². The number of nitrogens with two attached hydrogens (primary N) is 2. The maximum Gasteiger partial charge on any atom is 0.0486 e. The molecule has 0 amide bonds. The van der Waals surface area contributed by atoms with E-state index >= 15 is 0 Å². The van der Waals surface area contributed by atoms with E-state index in [1.165, 1.54) is 16.2 Å². The predicted molar refractivity (Wildman–Crippen MR) is 197 cm³/mol. The summed E-state index contributed by atoms with van der Waals surface area (Å²) in [7, 11) is 0. The van der Waals surface area contributed by atoms with Gasteiger partial charge in [0.2, 0.25) is 0 Å². The van der Waals surface area contributed by atoms with E-state index in [0.717, 1.165) is 72.4 Å². The lowest BCUT2D eigenvalue weighted by atomic mass is 9.76. The first-order valence-corrected chi connectivity index (χ1v) is 15.6. The molecule has 46 heavy (non-hydrogen) atoms. The molecule has 0 aromatic heterocycles. The van der Waals surface area contributed by atoms with Crippen molar-refractivity contribution in [1.82, 2.24) is 0 Å². The average molecular weight is 589 g/mol. The fraction of sp³-hybridized carbons (Fsp3) is 0. The SMILES string of the molecule is Nc1ccc(-c2c(-c3ccccc3)c(-c3ccccc3)c(N)c(-c3cccc4ccccc34)c2-c2cccc3ccccc23)cc1. The Bertz CT molecular complexity index is 2350. The van der Waals surface area contributed by atoms with Crippen LogP contribution in [0.4, 0.5) is 11.4 Å². The molecule has 0 aliphatic carbocycles. The lowest BCUT2D eigenvalue weighted by Gasteiger charge is -2.28. The summed E-state index contributed by atoms with van der Waals surface area (Å²) in [6.07, 6.45) is 0. The fourth-order valence-electron chi connectivity index (χ4n) is 6.94. The van der Waals surface area contributed by atoms with Gasteiger partial charge in [0.1, 0.15) is 0 Å². The highest BCUT2D eigenvalue weighted by Gasteiger charge is 2.28. The zero-order valence-corrected chi connectivity index (χ0v) is 25.3. The molecule has 2 nitrogen and oxygen atoms in total. The summed E-state index contributed by atoms with van der Waals surface area (Å²) in [4.78, 5) is 0. The number of nitrogen functional groups attached to an aromatic ring is 2. The molecule has 8 aromatic carbocycles. The van der Waals surface area contributed by atoms with Crippen LogP contribution in [-0.2, 0) is 0 Å². The van der Waals surface area contributed by atoms with Crippen molar-refractivity contribution < 1.29 is 0 Å². The van der Waals surface area contributed by atoms with Crippen molar-refractivity contribution in [3.63, 3.8) is 0 Å². The molecule has 218 valence electrons. The largest absolute Gasteiger partial charge is 0.399 e. The lowest BCUT2D eigenvalue weighted by Crippen LogP contribution is -2.04. The van der Waals surface area contributed by atoms with Gasteiger partial charge in [-0.2, -0.15) is 0 Å². The summed E-state index contributed by atoms with van der Waals surface area (Å²) in [5, 5.41) is 4.69. The first kappa shape index (κ1) is 27.4. The number of anilines is 2. The summed E-state index contributed by atoms with van der Waals surface area (Å²) in [6.45, 7) is 0. The summed E-state index contributed by atoms with van der Waals surface area (Å²) in [6, 6.07) is 59.7. The zero-order valence-electron chi connectivity index (χ0n) is 25.3. The van der Waals surface area contributed by atoms with Crippen LogP contribution in [-0.4, -0.2) is 0 Å². The van der Waals surface area contributed by atoms with Crippen LogP contribution in [0.5, 0.6) is 0 Å². The van der Waals surface area contributed by atoms with Crippen molar-refractivity contribution in [1.29, 1.82) is 0 Å². The molecule has 4 N–H and O–H groups in total. The van der Waals surface area contributed by atoms with Crippen LogP contribution in [0.25, 0.3) is 77.2 Å². The second-order valence-corrected chi connectivity index (χ2v) is 11.7. The standard InChI is InChI=1S/C44H32N2/c45-34-27-25-33(26-28-34)40-39(31-15-3-1-4-16-31)41(32-17-5-2-6-18-32)44(46)43(38-24-12-20-30-14-8-10-22-36(30)38)42(40)37-23-11-19-29-13-7-9-21-35(29)37/h1-28H,45-46H2. The molecule has 0 aliphatic rings. The van der Waals surface area contributed by atoms with Gasteiger partial charge in [0.05, 0.1) is 0 Å². The third-order valence-corrected chi connectivity index (χ3v) is 8.98. The summed E-state index contributed by atoms with van der Waals surface area (Å²) in [5.41, 5.74) is 26.2. The minimum atomic E-state index is 0.727. The summed E-state index contributed by atoms with van der Waals surface area (Å²) < 4.78 is 0. The molecule has 0 bridgehead atoms. The minimum Gasteiger partial charge on any atom is -0.399 e. The Morgan fingerprint density at radius 3 is 1.26 bits per heavy atom. The Morgan fingerprint density at radius 2 is 0.696 bits per heavy atom. The number of fused-ring (bicyclic) bond motifs is 2. The van der Waals surface area contributed by atoms with Crippen LogP contribution in [0.2, 0.25) is 0 Å². The normalized spacial score (nSPS) is 11.2. The van der Waals surface area contributed by atoms with Gasteiger partial charge in [0.15, 0.2) is 0 Å². The predicted octanol–water partition coefficient (Wildman–Crippen LogP) is 11.5. The second-order valence-electron chi connectivity index (χ2n) is 11.7. The van der Waals surface area contributed by atoms with E-state index in [2.05, 4.69) is 158 Å². The summed E-state index contributed by atoms with van der Waals surface area (Å²) >= 11 is 0. The molecule has 8 rings (SSSR count). The van der Waals surface area contributed by atoms with Crippen molar-refractivity contribution in [3.05, 3.63) is 170 Å². The summed E-state index contributed by atoms with van der Waals surface area (Å²) in [5.74, 6) is 0. The molecular formula is C44H32N2. The minimum absolute atomic E-state index is 0.727. The fourth-order valence-corrected chi connectivity index (χ4v) is 6.94.